The predicted molar refractivity (Wildman–Crippen MR) is 78.0 cm³/mol. The van der Waals surface area contributed by atoms with Gasteiger partial charge in [-0.2, -0.15) is 0 Å². The van der Waals surface area contributed by atoms with Crippen molar-refractivity contribution >= 4 is 29.0 Å². The zero-order valence-corrected chi connectivity index (χ0v) is 11.7. The monoisotopic (exact) mass is 290 g/mol. The van der Waals surface area contributed by atoms with Crippen molar-refractivity contribution in [2.45, 2.75) is 16.7 Å². The first kappa shape index (κ1) is 12.7. The molecule has 1 aliphatic carbocycles. The Labute approximate surface area is 122 Å². The Bertz CT molecular complexity index is 620. The Kier molecular flexibility index (Phi) is 3.12. The number of ketones is 1. The van der Waals surface area contributed by atoms with E-state index in [1.807, 2.05) is 48.5 Å². The predicted octanol–water partition coefficient (Wildman–Crippen LogP) is 4.69. The molecule has 0 spiro atoms. The zero-order valence-electron chi connectivity index (χ0n) is 10.1. The molecule has 0 amide bonds. The summed E-state index contributed by atoms with van der Waals surface area (Å²) in [6, 6.07) is 17.0. The Morgan fingerprint density at radius 2 is 1.58 bits per heavy atom. The maximum Gasteiger partial charge on any atom is 0.170 e. The van der Waals surface area contributed by atoms with Gasteiger partial charge in [-0.15, -0.1) is 0 Å². The molecule has 3 rings (SSSR count). The average molecular weight is 291 g/mol. The van der Waals surface area contributed by atoms with E-state index in [1.165, 1.54) is 0 Å². The maximum absolute atomic E-state index is 12.6. The van der Waals surface area contributed by atoms with Crippen LogP contribution in [-0.4, -0.2) is 5.78 Å². The first-order valence-corrected chi connectivity index (χ1v) is 6.92. The number of Topliss-reactive ketones (excluding diaryl/α,β-unsaturated/α-hetero) is 1. The van der Waals surface area contributed by atoms with E-state index < -0.39 is 4.33 Å². The van der Waals surface area contributed by atoms with Crippen LogP contribution < -0.4 is 0 Å². The van der Waals surface area contributed by atoms with Crippen LogP contribution in [0.25, 0.3) is 0 Å². The van der Waals surface area contributed by atoms with Gasteiger partial charge < -0.3 is 0 Å². The second kappa shape index (κ2) is 4.66. The molecule has 0 aliphatic heterocycles. The fourth-order valence-electron chi connectivity index (χ4n) is 2.62. The quantitative estimate of drug-likeness (QED) is 0.697. The van der Waals surface area contributed by atoms with E-state index in [0.717, 1.165) is 11.1 Å². The lowest BCUT2D eigenvalue weighted by Crippen LogP contribution is -2.29. The standard InChI is InChI=1S/C16H12Cl2O/c17-16(18)10-13(11-6-2-1-3-7-11)15(19)12-8-4-5-9-14(12)16/h1-9,13H,10H2. The van der Waals surface area contributed by atoms with Gasteiger partial charge in [-0.3, -0.25) is 4.79 Å². The third kappa shape index (κ3) is 2.18. The van der Waals surface area contributed by atoms with Crippen molar-refractivity contribution in [2.24, 2.45) is 0 Å². The molecular weight excluding hydrogens is 279 g/mol. The Morgan fingerprint density at radius 1 is 0.947 bits per heavy atom. The van der Waals surface area contributed by atoms with Crippen molar-refractivity contribution in [3.63, 3.8) is 0 Å². The first-order chi connectivity index (χ1) is 9.09. The van der Waals surface area contributed by atoms with Gasteiger partial charge in [-0.05, 0) is 17.5 Å². The minimum Gasteiger partial charge on any atom is -0.293 e. The molecule has 0 bridgehead atoms. The van der Waals surface area contributed by atoms with Gasteiger partial charge in [0, 0.05) is 5.56 Å². The molecule has 1 unspecified atom stereocenters. The number of carbonyl (C=O) groups excluding carboxylic acids is 1. The van der Waals surface area contributed by atoms with Crippen LogP contribution in [-0.2, 0) is 4.33 Å². The molecule has 0 fully saturated rings. The van der Waals surface area contributed by atoms with Crippen molar-refractivity contribution in [3.05, 3.63) is 71.3 Å². The Hall–Kier alpha value is -1.31. The largest absolute Gasteiger partial charge is 0.293 e. The Morgan fingerprint density at radius 3 is 2.32 bits per heavy atom. The molecule has 0 aromatic heterocycles. The second-order valence-corrected chi connectivity index (χ2v) is 6.27. The minimum atomic E-state index is -1.01. The van der Waals surface area contributed by atoms with Gasteiger partial charge in [-0.25, -0.2) is 0 Å². The maximum atomic E-state index is 12.6. The fraction of sp³-hybridized carbons (Fsp3) is 0.188. The second-order valence-electron chi connectivity index (χ2n) is 4.78. The molecule has 1 atom stereocenters. The van der Waals surface area contributed by atoms with Crippen LogP contribution in [0.1, 0.15) is 33.8 Å². The molecule has 1 nitrogen and oxygen atoms in total. The third-order valence-electron chi connectivity index (χ3n) is 3.57. The lowest BCUT2D eigenvalue weighted by Gasteiger charge is -2.32. The average Bonchev–Trinajstić information content (AvgIpc) is 2.44. The summed E-state index contributed by atoms with van der Waals surface area (Å²) in [6.07, 6.45) is 0.413. The molecule has 0 saturated heterocycles. The van der Waals surface area contributed by atoms with E-state index in [2.05, 4.69) is 0 Å². The smallest absolute Gasteiger partial charge is 0.170 e. The summed E-state index contributed by atoms with van der Waals surface area (Å²) in [5.41, 5.74) is 2.32. The highest BCUT2D eigenvalue weighted by Crippen LogP contribution is 2.49. The van der Waals surface area contributed by atoms with E-state index in [9.17, 15) is 4.79 Å². The van der Waals surface area contributed by atoms with Gasteiger partial charge in [0.15, 0.2) is 5.78 Å². The van der Waals surface area contributed by atoms with Gasteiger partial charge in [0.1, 0.15) is 4.33 Å². The molecule has 0 heterocycles. The molecular formula is C16H12Cl2O. The van der Waals surface area contributed by atoms with Gasteiger partial charge in [0.05, 0.1) is 5.92 Å². The summed E-state index contributed by atoms with van der Waals surface area (Å²) in [5, 5.41) is 0. The van der Waals surface area contributed by atoms with Crippen LogP contribution >= 0.6 is 23.2 Å². The molecule has 0 saturated carbocycles. The molecule has 1 aliphatic rings. The molecule has 0 radical (unpaired) electrons. The molecule has 96 valence electrons. The van der Waals surface area contributed by atoms with E-state index in [1.54, 1.807) is 6.07 Å². The van der Waals surface area contributed by atoms with Crippen molar-refractivity contribution < 1.29 is 4.79 Å². The summed E-state index contributed by atoms with van der Waals surface area (Å²) >= 11 is 12.9. The van der Waals surface area contributed by atoms with E-state index in [-0.39, 0.29) is 11.7 Å². The zero-order chi connectivity index (χ0) is 13.5. The fourth-order valence-corrected chi connectivity index (χ4v) is 3.26. The number of hydrogen-bond donors (Lipinski definition) is 0. The van der Waals surface area contributed by atoms with Gasteiger partial charge in [-0.1, -0.05) is 77.8 Å². The number of halogens is 2. The van der Waals surface area contributed by atoms with E-state index in [4.69, 9.17) is 23.2 Å². The molecule has 0 N–H and O–H groups in total. The normalized spacial score (nSPS) is 20.9. The van der Waals surface area contributed by atoms with Crippen LogP contribution in [0.3, 0.4) is 0 Å². The number of benzene rings is 2. The van der Waals surface area contributed by atoms with Gasteiger partial charge in [0.2, 0.25) is 0 Å². The van der Waals surface area contributed by atoms with Gasteiger partial charge in [0.25, 0.3) is 0 Å². The third-order valence-corrected chi connectivity index (χ3v) is 4.28. The van der Waals surface area contributed by atoms with E-state index >= 15 is 0 Å². The summed E-state index contributed by atoms with van der Waals surface area (Å²) in [4.78, 5) is 12.6. The van der Waals surface area contributed by atoms with Crippen molar-refractivity contribution in [3.8, 4) is 0 Å². The highest BCUT2D eigenvalue weighted by Gasteiger charge is 2.42. The van der Waals surface area contributed by atoms with E-state index in [0.29, 0.717) is 12.0 Å². The molecule has 3 heteroatoms. The van der Waals surface area contributed by atoms with Crippen LogP contribution in [0.5, 0.6) is 0 Å². The van der Waals surface area contributed by atoms with Crippen LogP contribution in [0, 0.1) is 0 Å². The van der Waals surface area contributed by atoms with Crippen LogP contribution in [0.2, 0.25) is 0 Å². The molecule has 2 aromatic rings. The SMILES string of the molecule is O=C1c2ccccc2C(Cl)(Cl)CC1c1ccccc1. The highest BCUT2D eigenvalue weighted by molar-refractivity contribution is 6.49. The number of rotatable bonds is 1. The summed E-state index contributed by atoms with van der Waals surface area (Å²) in [5.74, 6) is -0.176. The molecule has 2 aromatic carbocycles. The van der Waals surface area contributed by atoms with Crippen molar-refractivity contribution in [2.75, 3.05) is 0 Å². The highest BCUT2D eigenvalue weighted by atomic mass is 35.5. The lowest BCUT2D eigenvalue weighted by molar-refractivity contribution is 0.0942. The summed E-state index contributed by atoms with van der Waals surface area (Å²) in [6.45, 7) is 0. The summed E-state index contributed by atoms with van der Waals surface area (Å²) < 4.78 is -1.01. The van der Waals surface area contributed by atoms with Gasteiger partial charge >= 0.3 is 0 Å². The van der Waals surface area contributed by atoms with Crippen LogP contribution in [0.4, 0.5) is 0 Å². The number of carbonyl (C=O) groups is 1. The number of hydrogen-bond acceptors (Lipinski definition) is 1. The van der Waals surface area contributed by atoms with Crippen molar-refractivity contribution in [1.82, 2.24) is 0 Å². The topological polar surface area (TPSA) is 17.1 Å². The van der Waals surface area contributed by atoms with Crippen molar-refractivity contribution in [1.29, 1.82) is 0 Å². The first-order valence-electron chi connectivity index (χ1n) is 6.16. The summed E-state index contributed by atoms with van der Waals surface area (Å²) in [7, 11) is 0. The Balaban J connectivity index is 2.11. The lowest BCUT2D eigenvalue weighted by atomic mass is 9.78. The number of fused-ring (bicyclic) bond motifs is 1. The van der Waals surface area contributed by atoms with Crippen LogP contribution in [0.15, 0.2) is 54.6 Å². The minimum absolute atomic E-state index is 0.0960. The molecule has 19 heavy (non-hydrogen) atoms. The number of alkyl halides is 2.